The minimum atomic E-state index is -0.663. The van der Waals surface area contributed by atoms with Crippen molar-refractivity contribution in [2.75, 3.05) is 18.5 Å². The molecule has 26 heavy (non-hydrogen) atoms. The Balaban J connectivity index is 1.46. The van der Waals surface area contributed by atoms with E-state index in [-0.39, 0.29) is 6.61 Å². The van der Waals surface area contributed by atoms with E-state index in [1.54, 1.807) is 24.3 Å². The van der Waals surface area contributed by atoms with Crippen LogP contribution in [0.1, 0.15) is 22.4 Å². The highest BCUT2D eigenvalue weighted by Crippen LogP contribution is 2.38. The van der Waals surface area contributed by atoms with Crippen LogP contribution in [-0.4, -0.2) is 25.1 Å². The van der Waals surface area contributed by atoms with Crippen molar-refractivity contribution in [3.8, 4) is 11.8 Å². The molecule has 0 radical (unpaired) electrons. The molecule has 2 aromatic rings. The summed E-state index contributed by atoms with van der Waals surface area (Å²) < 4.78 is 10.1. The smallest absolute Gasteiger partial charge is 0.344 e. The summed E-state index contributed by atoms with van der Waals surface area (Å²) in [5.41, 5.74) is 1.55. The maximum Gasteiger partial charge on any atom is 0.344 e. The summed E-state index contributed by atoms with van der Waals surface area (Å²) in [6.45, 7) is -0.748. The average molecular weight is 391 g/mol. The van der Waals surface area contributed by atoms with Crippen molar-refractivity contribution in [2.24, 2.45) is 0 Å². The lowest BCUT2D eigenvalue weighted by molar-refractivity contribution is -0.149. The lowest BCUT2D eigenvalue weighted by atomic mass is 10.1. The number of esters is 1. The van der Waals surface area contributed by atoms with Crippen molar-refractivity contribution in [3.63, 3.8) is 0 Å². The van der Waals surface area contributed by atoms with E-state index >= 15 is 0 Å². The molecule has 0 saturated carbocycles. The number of carbonyl (C=O) groups is 2. The number of ether oxygens (including phenoxy) is 2. The van der Waals surface area contributed by atoms with Crippen LogP contribution in [0.25, 0.3) is 0 Å². The minimum Gasteiger partial charge on any atom is -0.482 e. The number of hydrogen-bond acceptors (Lipinski definition) is 6. The Kier molecular flexibility index (Phi) is 5.76. The minimum absolute atomic E-state index is 0.314. The predicted molar refractivity (Wildman–Crippen MR) is 97.6 cm³/mol. The summed E-state index contributed by atoms with van der Waals surface area (Å²) in [5, 5.41) is 13.0. The number of nitrogens with zero attached hydrogens (tertiary/aromatic N) is 1. The molecule has 0 unspecified atom stereocenters. The summed E-state index contributed by atoms with van der Waals surface area (Å²) in [4.78, 5) is 24.8. The zero-order valence-corrected chi connectivity index (χ0v) is 15.3. The number of anilines is 1. The third kappa shape index (κ3) is 4.34. The summed E-state index contributed by atoms with van der Waals surface area (Å²) in [7, 11) is 0. The highest BCUT2D eigenvalue weighted by atomic mass is 35.5. The van der Waals surface area contributed by atoms with Crippen LogP contribution in [0, 0.1) is 11.3 Å². The number of aryl methyl sites for hydroxylation is 1. The van der Waals surface area contributed by atoms with Crippen LogP contribution in [0.2, 0.25) is 5.02 Å². The fourth-order valence-corrected chi connectivity index (χ4v) is 4.02. The van der Waals surface area contributed by atoms with Gasteiger partial charge in [0.25, 0.3) is 5.91 Å². The van der Waals surface area contributed by atoms with Gasteiger partial charge in [-0.3, -0.25) is 4.79 Å². The monoisotopic (exact) mass is 390 g/mol. The molecular weight excluding hydrogens is 376 g/mol. The van der Waals surface area contributed by atoms with Crippen LogP contribution < -0.4 is 10.1 Å². The van der Waals surface area contributed by atoms with Gasteiger partial charge in [0.05, 0.1) is 5.56 Å². The van der Waals surface area contributed by atoms with Gasteiger partial charge in [-0.2, -0.15) is 5.26 Å². The van der Waals surface area contributed by atoms with Crippen molar-refractivity contribution in [2.45, 2.75) is 19.3 Å². The first-order chi connectivity index (χ1) is 12.6. The molecule has 1 heterocycles. The number of nitrogens with one attached hydrogen (secondary N) is 1. The second kappa shape index (κ2) is 8.21. The quantitative estimate of drug-likeness (QED) is 0.764. The molecule has 1 amide bonds. The Morgan fingerprint density at radius 1 is 1.23 bits per heavy atom. The third-order valence-corrected chi connectivity index (χ3v) is 5.28. The molecule has 1 aromatic carbocycles. The van der Waals surface area contributed by atoms with Gasteiger partial charge in [-0.1, -0.05) is 11.6 Å². The first-order valence-corrected chi connectivity index (χ1v) is 9.14. The summed E-state index contributed by atoms with van der Waals surface area (Å²) in [5.74, 6) is -0.673. The number of fused-ring (bicyclic) bond motifs is 1. The molecule has 1 aliphatic carbocycles. The van der Waals surface area contributed by atoms with Gasteiger partial charge in [-0.15, -0.1) is 11.3 Å². The second-order valence-corrected chi connectivity index (χ2v) is 7.17. The Hall–Kier alpha value is -2.56. The topological polar surface area (TPSA) is 88.4 Å². The van der Waals surface area contributed by atoms with E-state index in [2.05, 4.69) is 11.4 Å². The van der Waals surface area contributed by atoms with E-state index in [0.717, 1.165) is 29.7 Å². The Bertz CT molecular complexity index is 871. The molecule has 0 aliphatic heterocycles. The molecule has 1 aliphatic rings. The molecule has 134 valence electrons. The fourth-order valence-electron chi connectivity index (χ4n) is 2.63. The number of benzene rings is 1. The lowest BCUT2D eigenvalue weighted by Gasteiger charge is -2.07. The van der Waals surface area contributed by atoms with Crippen LogP contribution >= 0.6 is 22.9 Å². The van der Waals surface area contributed by atoms with Crippen molar-refractivity contribution in [3.05, 3.63) is 45.3 Å². The van der Waals surface area contributed by atoms with E-state index in [1.807, 2.05) is 0 Å². The van der Waals surface area contributed by atoms with Gasteiger partial charge in [-0.05, 0) is 49.1 Å². The Morgan fingerprint density at radius 2 is 2.00 bits per heavy atom. The van der Waals surface area contributed by atoms with Gasteiger partial charge in [0.15, 0.2) is 13.2 Å². The third-order valence-electron chi connectivity index (χ3n) is 3.82. The molecular formula is C18H15ClN2O4S. The summed E-state index contributed by atoms with van der Waals surface area (Å²) >= 11 is 7.17. The van der Waals surface area contributed by atoms with E-state index in [1.165, 1.54) is 11.3 Å². The molecule has 1 aromatic heterocycles. The standard InChI is InChI=1S/C18H15ClN2O4S/c19-11-4-6-12(7-5-11)24-10-17(23)25-9-16(22)21-18-14(8-20)13-2-1-3-15(13)26-18/h4-7H,1-3,9-10H2,(H,21,22). The first-order valence-electron chi connectivity index (χ1n) is 7.95. The van der Waals surface area contributed by atoms with E-state index in [0.29, 0.717) is 21.3 Å². The van der Waals surface area contributed by atoms with E-state index < -0.39 is 18.5 Å². The lowest BCUT2D eigenvalue weighted by Crippen LogP contribution is -2.23. The molecule has 0 spiro atoms. The molecule has 6 nitrogen and oxygen atoms in total. The highest BCUT2D eigenvalue weighted by Gasteiger charge is 2.23. The summed E-state index contributed by atoms with van der Waals surface area (Å²) in [6, 6.07) is 8.68. The number of carbonyl (C=O) groups excluding carboxylic acids is 2. The molecule has 0 atom stereocenters. The van der Waals surface area contributed by atoms with Gasteiger partial charge in [-0.25, -0.2) is 4.79 Å². The molecule has 1 N–H and O–H groups in total. The highest BCUT2D eigenvalue weighted by molar-refractivity contribution is 7.16. The second-order valence-electron chi connectivity index (χ2n) is 5.62. The zero-order valence-electron chi connectivity index (χ0n) is 13.7. The predicted octanol–water partition coefficient (Wildman–Crippen LogP) is 3.32. The SMILES string of the molecule is N#Cc1c(NC(=O)COC(=O)COc2ccc(Cl)cc2)sc2c1CCC2. The summed E-state index contributed by atoms with van der Waals surface area (Å²) in [6.07, 6.45) is 2.83. The van der Waals surface area contributed by atoms with Gasteiger partial charge in [0.2, 0.25) is 0 Å². The van der Waals surface area contributed by atoms with E-state index in [4.69, 9.17) is 21.1 Å². The molecule has 0 fully saturated rings. The van der Waals surface area contributed by atoms with Gasteiger partial charge in [0, 0.05) is 9.90 Å². The van der Waals surface area contributed by atoms with Crippen LogP contribution in [0.3, 0.4) is 0 Å². The number of halogens is 1. The molecule has 0 saturated heterocycles. The fraction of sp³-hybridized carbons (Fsp3) is 0.278. The molecule has 8 heteroatoms. The number of thiophene rings is 1. The number of rotatable bonds is 6. The van der Waals surface area contributed by atoms with Crippen LogP contribution in [-0.2, 0) is 27.2 Å². The van der Waals surface area contributed by atoms with Gasteiger partial charge < -0.3 is 14.8 Å². The van der Waals surface area contributed by atoms with Gasteiger partial charge >= 0.3 is 5.97 Å². The maximum atomic E-state index is 12.0. The van der Waals surface area contributed by atoms with Gasteiger partial charge in [0.1, 0.15) is 16.8 Å². The average Bonchev–Trinajstić information content (AvgIpc) is 3.20. The molecule has 0 bridgehead atoms. The Labute approximate surface area is 159 Å². The Morgan fingerprint density at radius 3 is 2.73 bits per heavy atom. The van der Waals surface area contributed by atoms with Crippen molar-refractivity contribution in [1.29, 1.82) is 5.26 Å². The van der Waals surface area contributed by atoms with Crippen LogP contribution in [0.5, 0.6) is 5.75 Å². The normalized spacial score (nSPS) is 12.2. The largest absolute Gasteiger partial charge is 0.482 e. The van der Waals surface area contributed by atoms with Crippen molar-refractivity contribution < 1.29 is 19.1 Å². The van der Waals surface area contributed by atoms with Crippen molar-refractivity contribution >= 4 is 39.8 Å². The van der Waals surface area contributed by atoms with Crippen LogP contribution in [0.15, 0.2) is 24.3 Å². The van der Waals surface area contributed by atoms with E-state index in [9.17, 15) is 14.9 Å². The van der Waals surface area contributed by atoms with Crippen molar-refractivity contribution in [1.82, 2.24) is 0 Å². The number of amides is 1. The maximum absolute atomic E-state index is 12.0. The van der Waals surface area contributed by atoms with Crippen LogP contribution in [0.4, 0.5) is 5.00 Å². The first kappa shape index (κ1) is 18.2. The number of nitriles is 1. The zero-order chi connectivity index (χ0) is 18.5. The number of hydrogen-bond donors (Lipinski definition) is 1. The molecule has 3 rings (SSSR count).